The maximum atomic E-state index is 11.7. The molecule has 8 nitrogen and oxygen atoms in total. The fourth-order valence-electron chi connectivity index (χ4n) is 3.23. The molecule has 146 valence electrons. The topological polar surface area (TPSA) is 96.0 Å². The Labute approximate surface area is 168 Å². The van der Waals surface area contributed by atoms with Gasteiger partial charge in [0.1, 0.15) is 10.8 Å². The SMILES string of the molecule is Cc1cc(C)c(/N=N/C(=C2/NCCN2Cc2ccc(Cl)nc2)[N+](=O)[O-])c(C)c1. The molecule has 1 aromatic carbocycles. The number of aryl methyl sites for hydroxylation is 3. The Bertz CT molecular complexity index is 932. The van der Waals surface area contributed by atoms with E-state index >= 15 is 0 Å². The van der Waals surface area contributed by atoms with Gasteiger partial charge in [0.25, 0.3) is 0 Å². The number of azo groups is 1. The van der Waals surface area contributed by atoms with E-state index in [9.17, 15) is 10.1 Å². The van der Waals surface area contributed by atoms with E-state index < -0.39 is 4.92 Å². The lowest BCUT2D eigenvalue weighted by atomic mass is 10.1. The second-order valence-corrected chi connectivity index (χ2v) is 7.10. The smallest absolute Gasteiger partial charge is 0.363 e. The van der Waals surface area contributed by atoms with Gasteiger partial charge in [0, 0.05) is 25.8 Å². The number of nitrogens with one attached hydrogen (secondary N) is 1. The number of hydrogen-bond donors (Lipinski definition) is 1. The molecule has 0 saturated carbocycles. The molecule has 1 aromatic heterocycles. The molecule has 0 radical (unpaired) electrons. The number of hydrogen-bond acceptors (Lipinski definition) is 7. The maximum Gasteiger partial charge on any atom is 0.430 e. The van der Waals surface area contributed by atoms with Gasteiger partial charge in [0.15, 0.2) is 0 Å². The quantitative estimate of drug-likeness (QED) is 0.350. The summed E-state index contributed by atoms with van der Waals surface area (Å²) in [7, 11) is 0. The Kier molecular flexibility index (Phi) is 5.89. The van der Waals surface area contributed by atoms with Crippen LogP contribution >= 0.6 is 11.6 Å². The number of rotatable bonds is 5. The molecule has 1 N–H and O–H groups in total. The fourth-order valence-corrected chi connectivity index (χ4v) is 3.34. The molecular weight excluding hydrogens is 380 g/mol. The molecule has 3 rings (SSSR count). The Balaban J connectivity index is 1.92. The summed E-state index contributed by atoms with van der Waals surface area (Å²) in [6.45, 7) is 7.50. The molecule has 0 atom stereocenters. The van der Waals surface area contributed by atoms with Gasteiger partial charge in [-0.2, -0.15) is 0 Å². The molecule has 0 unspecified atom stereocenters. The number of benzene rings is 1. The van der Waals surface area contributed by atoms with Crippen molar-refractivity contribution in [1.29, 1.82) is 0 Å². The maximum absolute atomic E-state index is 11.7. The first-order valence-electron chi connectivity index (χ1n) is 8.82. The van der Waals surface area contributed by atoms with Gasteiger partial charge in [-0.05, 0) is 53.6 Å². The Morgan fingerprint density at radius 2 is 2.04 bits per heavy atom. The minimum absolute atomic E-state index is 0.307. The van der Waals surface area contributed by atoms with Crippen LogP contribution in [0, 0.1) is 30.9 Å². The van der Waals surface area contributed by atoms with Crippen molar-refractivity contribution < 1.29 is 4.92 Å². The highest BCUT2D eigenvalue weighted by atomic mass is 35.5. The van der Waals surface area contributed by atoms with Crippen molar-refractivity contribution in [2.75, 3.05) is 13.1 Å². The predicted molar refractivity (Wildman–Crippen MR) is 107 cm³/mol. The van der Waals surface area contributed by atoms with Crippen LogP contribution in [0.1, 0.15) is 22.3 Å². The van der Waals surface area contributed by atoms with Crippen molar-refractivity contribution in [3.63, 3.8) is 0 Å². The van der Waals surface area contributed by atoms with Crippen molar-refractivity contribution in [2.45, 2.75) is 27.3 Å². The summed E-state index contributed by atoms with van der Waals surface area (Å²) in [6.07, 6.45) is 1.66. The third-order valence-electron chi connectivity index (χ3n) is 4.42. The zero-order valence-corrected chi connectivity index (χ0v) is 16.7. The van der Waals surface area contributed by atoms with Crippen LogP contribution in [0.4, 0.5) is 5.69 Å². The predicted octanol–water partition coefficient (Wildman–Crippen LogP) is 4.25. The van der Waals surface area contributed by atoms with Gasteiger partial charge in [0.2, 0.25) is 5.82 Å². The van der Waals surface area contributed by atoms with Crippen molar-refractivity contribution in [1.82, 2.24) is 15.2 Å². The van der Waals surface area contributed by atoms with E-state index in [0.29, 0.717) is 36.3 Å². The molecule has 2 heterocycles. The van der Waals surface area contributed by atoms with E-state index in [1.807, 2.05) is 43.9 Å². The average molecular weight is 401 g/mol. The van der Waals surface area contributed by atoms with Crippen LogP contribution in [0.25, 0.3) is 0 Å². The van der Waals surface area contributed by atoms with Gasteiger partial charge in [-0.15, -0.1) is 0 Å². The van der Waals surface area contributed by atoms with Gasteiger partial charge < -0.3 is 20.3 Å². The second kappa shape index (κ2) is 8.35. The fraction of sp³-hybridized carbons (Fsp3) is 0.316. The normalized spacial score (nSPS) is 15.8. The van der Waals surface area contributed by atoms with Crippen LogP contribution in [0.3, 0.4) is 0 Å². The summed E-state index contributed by atoms with van der Waals surface area (Å²) >= 11 is 5.82. The van der Waals surface area contributed by atoms with E-state index in [-0.39, 0.29) is 5.82 Å². The van der Waals surface area contributed by atoms with Gasteiger partial charge >= 0.3 is 5.82 Å². The third-order valence-corrected chi connectivity index (χ3v) is 4.64. The van der Waals surface area contributed by atoms with Crippen LogP contribution in [-0.4, -0.2) is 27.9 Å². The molecular formula is C19H21ClN6O2. The van der Waals surface area contributed by atoms with Crippen LogP contribution < -0.4 is 5.32 Å². The van der Waals surface area contributed by atoms with E-state index in [2.05, 4.69) is 20.5 Å². The lowest BCUT2D eigenvalue weighted by Gasteiger charge is -2.17. The molecule has 0 aliphatic carbocycles. The van der Waals surface area contributed by atoms with Crippen LogP contribution in [-0.2, 0) is 6.54 Å². The van der Waals surface area contributed by atoms with E-state index in [4.69, 9.17) is 11.6 Å². The summed E-state index contributed by atoms with van der Waals surface area (Å²) in [5.74, 6) is 0.0462. The number of pyridine rings is 1. The summed E-state index contributed by atoms with van der Waals surface area (Å²) < 4.78 is 0. The van der Waals surface area contributed by atoms with Crippen LogP contribution in [0.15, 0.2) is 52.3 Å². The molecule has 0 amide bonds. The summed E-state index contributed by atoms with van der Waals surface area (Å²) in [5, 5.41) is 23.3. The van der Waals surface area contributed by atoms with Gasteiger partial charge in [0.05, 0.1) is 5.11 Å². The molecule has 1 aliphatic heterocycles. The first kappa shape index (κ1) is 19.8. The summed E-state index contributed by atoms with van der Waals surface area (Å²) in [6, 6.07) is 7.50. The average Bonchev–Trinajstić information content (AvgIpc) is 3.06. The highest BCUT2D eigenvalue weighted by Gasteiger charge is 2.28. The molecule has 1 fully saturated rings. The number of halogens is 1. The number of nitro groups is 1. The lowest BCUT2D eigenvalue weighted by Crippen LogP contribution is -2.23. The zero-order chi connectivity index (χ0) is 20.3. The van der Waals surface area contributed by atoms with Crippen molar-refractivity contribution in [2.24, 2.45) is 10.2 Å². The van der Waals surface area contributed by atoms with Gasteiger partial charge in [-0.25, -0.2) is 4.98 Å². The minimum atomic E-state index is -0.511. The lowest BCUT2D eigenvalue weighted by molar-refractivity contribution is -0.429. The molecule has 0 spiro atoms. The first-order valence-corrected chi connectivity index (χ1v) is 9.20. The molecule has 0 bridgehead atoms. The molecule has 9 heteroatoms. The third kappa shape index (κ3) is 4.45. The standard InChI is InChI=1S/C19H21ClN6O2/c1-12-8-13(2)17(14(3)9-12)23-24-19(26(27)28)18-21-6-7-25(18)11-15-4-5-16(20)22-10-15/h4-5,8-10,21H,6-7,11H2,1-3H3/b19-18+,24-23+. The van der Waals surface area contributed by atoms with Crippen molar-refractivity contribution in [3.05, 3.63) is 79.6 Å². The molecule has 1 aliphatic rings. The van der Waals surface area contributed by atoms with E-state index in [0.717, 1.165) is 22.3 Å². The highest BCUT2D eigenvalue weighted by molar-refractivity contribution is 6.29. The molecule has 1 saturated heterocycles. The summed E-state index contributed by atoms with van der Waals surface area (Å²) in [4.78, 5) is 17.1. The highest BCUT2D eigenvalue weighted by Crippen LogP contribution is 2.27. The number of aromatic nitrogens is 1. The largest absolute Gasteiger partial charge is 0.430 e. The van der Waals surface area contributed by atoms with Gasteiger partial charge in [-0.1, -0.05) is 35.4 Å². The van der Waals surface area contributed by atoms with E-state index in [1.165, 1.54) is 0 Å². The minimum Gasteiger partial charge on any atom is -0.363 e. The second-order valence-electron chi connectivity index (χ2n) is 6.71. The van der Waals surface area contributed by atoms with Gasteiger partial charge in [-0.3, -0.25) is 0 Å². The molecule has 2 aromatic rings. The Morgan fingerprint density at radius 3 is 2.64 bits per heavy atom. The zero-order valence-electron chi connectivity index (χ0n) is 15.9. The monoisotopic (exact) mass is 400 g/mol. The van der Waals surface area contributed by atoms with Crippen molar-refractivity contribution >= 4 is 17.3 Å². The Hall–Kier alpha value is -3.00. The van der Waals surface area contributed by atoms with Crippen LogP contribution in [0.2, 0.25) is 5.15 Å². The van der Waals surface area contributed by atoms with Crippen LogP contribution in [0.5, 0.6) is 0 Å². The Morgan fingerprint density at radius 1 is 1.32 bits per heavy atom. The summed E-state index contributed by atoms with van der Waals surface area (Å²) in [5.41, 5.74) is 4.52. The van der Waals surface area contributed by atoms with Crippen molar-refractivity contribution in [3.8, 4) is 0 Å². The number of nitrogens with zero attached hydrogens (tertiary/aromatic N) is 5. The first-order chi connectivity index (χ1) is 13.3. The van der Waals surface area contributed by atoms with E-state index in [1.54, 1.807) is 12.3 Å². The molecule has 28 heavy (non-hydrogen) atoms.